The largest absolute Gasteiger partial charge is 0.620 e. The second-order valence-electron chi connectivity index (χ2n) is 4.83. The van der Waals surface area contributed by atoms with E-state index in [-0.39, 0.29) is 18.7 Å². The normalized spacial score (nSPS) is 18.1. The highest BCUT2D eigenvalue weighted by atomic mass is 31.3. The van der Waals surface area contributed by atoms with Crippen LogP contribution in [0.4, 0.5) is 10.2 Å². The average molecular weight is 481 g/mol. The number of hydrogen-bond donors (Lipinski definition) is 8. The molecule has 174 valence electrons. The van der Waals surface area contributed by atoms with Crippen LogP contribution in [0.5, 0.6) is 0 Å². The average Bonchev–Trinajstić information content (AvgIpc) is 3.11. The highest BCUT2D eigenvalue weighted by Crippen LogP contribution is 2.67. The number of terminal acetylenes is 1. The molecule has 0 radical (unpaired) electrons. The molecular weight excluding hydrogens is 455 g/mol. The number of nitrogens with zero attached hydrogens (tertiary/aromatic N) is 2. The van der Waals surface area contributed by atoms with Gasteiger partial charge in [-0.2, -0.15) is 33.8 Å². The van der Waals surface area contributed by atoms with E-state index in [0.717, 1.165) is 20.3 Å². The van der Waals surface area contributed by atoms with Crippen LogP contribution in [0.2, 0.25) is 0 Å². The number of ether oxygens (including phenoxy) is 1. The third-order valence-electron chi connectivity index (χ3n) is 2.95. The van der Waals surface area contributed by atoms with Crippen LogP contribution >= 0.6 is 16.3 Å². The first-order valence-corrected chi connectivity index (χ1v) is 10.8. The lowest BCUT2D eigenvalue weighted by Gasteiger charge is -2.16. The summed E-state index contributed by atoms with van der Waals surface area (Å²) in [4.78, 5) is 59.5. The Morgan fingerprint density at radius 1 is 1.23 bits per heavy atom. The quantitative estimate of drug-likeness (QED) is 0.131. The first kappa shape index (κ1) is 30.8. The third kappa shape index (κ3) is 11.1. The predicted octanol–water partition coefficient (Wildman–Crippen LogP) is -1.54. The van der Waals surface area contributed by atoms with Crippen molar-refractivity contribution in [2.45, 2.75) is 25.2 Å². The van der Waals surface area contributed by atoms with Crippen LogP contribution in [0.3, 0.4) is 0 Å². The minimum atomic E-state index is -4.91. The molecule has 2 unspecified atom stereocenters. The standard InChI is InChI=1S/C9H15FN3O9P2.C2H2.2CH4O/c10-6-3-7(11)12-9(14)13(6)8-2-1-5(21-8)4-20-24(18,19)22-23(15,16)17;3*1-2/h3,5,8,15-19H,1-2,4H2,(H-,11,12,14);1-2H;2*2H,1H3/q+1;;;/p+1. The first-order valence-electron chi connectivity index (χ1n) is 7.67. The van der Waals surface area contributed by atoms with E-state index in [0.29, 0.717) is 4.57 Å². The third-order valence-corrected chi connectivity index (χ3v) is 5.16. The summed E-state index contributed by atoms with van der Waals surface area (Å²) in [5.74, 6) is -1.22. The van der Waals surface area contributed by atoms with Crippen LogP contribution in [0.25, 0.3) is 0 Å². The summed E-state index contributed by atoms with van der Waals surface area (Å²) in [5.41, 5.74) is 4.31. The van der Waals surface area contributed by atoms with Crippen molar-refractivity contribution < 1.29 is 52.6 Å². The molecular formula is C13H26FN3O11P2+2. The highest BCUT2D eigenvalue weighted by molar-refractivity contribution is 7.67. The van der Waals surface area contributed by atoms with Gasteiger partial charge in [-0.25, -0.2) is 9.36 Å². The van der Waals surface area contributed by atoms with Crippen molar-refractivity contribution in [1.82, 2.24) is 9.55 Å². The van der Waals surface area contributed by atoms with Crippen molar-refractivity contribution in [3.8, 4) is 12.8 Å². The molecule has 1 aliphatic heterocycles. The van der Waals surface area contributed by atoms with E-state index in [2.05, 4.69) is 26.7 Å². The van der Waals surface area contributed by atoms with Crippen LogP contribution in [-0.4, -0.2) is 71.2 Å². The maximum Gasteiger partial charge on any atom is 0.620 e. The molecule has 1 aromatic heterocycles. The van der Waals surface area contributed by atoms with E-state index in [4.69, 9.17) is 35.4 Å². The zero-order valence-corrected chi connectivity index (χ0v) is 17.8. The molecule has 0 aliphatic carbocycles. The minimum Gasteiger partial charge on any atom is -0.400 e. The van der Waals surface area contributed by atoms with Gasteiger partial charge in [-0.15, -0.1) is 17.4 Å². The van der Waals surface area contributed by atoms with Gasteiger partial charge in [-0.05, 0) is 12.8 Å². The number of anilines is 1. The monoisotopic (exact) mass is 481 g/mol. The molecule has 17 heteroatoms. The molecule has 30 heavy (non-hydrogen) atoms. The predicted molar refractivity (Wildman–Crippen MR) is 104 cm³/mol. The fraction of sp³-hybridized carbons (Fsp3) is 0.538. The molecule has 0 saturated carbocycles. The lowest BCUT2D eigenvalue weighted by Crippen LogP contribution is -2.30. The van der Waals surface area contributed by atoms with E-state index in [1.807, 2.05) is 0 Å². The topological polar surface area (TPSA) is 230 Å². The zero-order chi connectivity index (χ0) is 24.1. The number of aliphatic hydroxyl groups is 2. The van der Waals surface area contributed by atoms with Crippen molar-refractivity contribution in [3.63, 3.8) is 0 Å². The van der Waals surface area contributed by atoms with Gasteiger partial charge in [0.15, 0.2) is 0 Å². The van der Waals surface area contributed by atoms with Gasteiger partial charge < -0.3 is 20.7 Å². The molecule has 1 fully saturated rings. The summed E-state index contributed by atoms with van der Waals surface area (Å²) < 4.78 is 28.2. The van der Waals surface area contributed by atoms with Crippen LogP contribution < -0.4 is 11.4 Å². The number of halogens is 1. The molecule has 14 nitrogen and oxygen atoms in total. The fourth-order valence-corrected chi connectivity index (χ4v) is 3.78. The van der Waals surface area contributed by atoms with Gasteiger partial charge in [-0.1, -0.05) is 0 Å². The Morgan fingerprint density at radius 2 is 1.77 bits per heavy atom. The Morgan fingerprint density at radius 3 is 2.23 bits per heavy atom. The fourth-order valence-electron chi connectivity index (χ4n) is 2.09. The number of rotatable bonds is 6. The van der Waals surface area contributed by atoms with Crippen molar-refractivity contribution in [3.05, 3.63) is 22.5 Å². The lowest BCUT2D eigenvalue weighted by atomic mass is 10.2. The van der Waals surface area contributed by atoms with E-state index in [9.17, 15) is 19.0 Å². The first-order chi connectivity index (χ1) is 14.0. The second-order valence-corrected chi connectivity index (χ2v) is 7.75. The summed E-state index contributed by atoms with van der Waals surface area (Å²) >= 11 is 0. The SMILES string of the molecule is C#C.CO.CO.Nc1cc(F)n(C2CCC(CO[P+](O)(O)O[P+](O)(O)O)O2)c(=O)n1. The number of nitrogen functional groups attached to an aromatic ring is 1. The van der Waals surface area contributed by atoms with Gasteiger partial charge in [0.05, 0.1) is 10.4 Å². The van der Waals surface area contributed by atoms with Crippen molar-refractivity contribution in [2.75, 3.05) is 26.6 Å². The van der Waals surface area contributed by atoms with Gasteiger partial charge in [0.2, 0.25) is 5.95 Å². The summed E-state index contributed by atoms with van der Waals surface area (Å²) in [7, 11) is -7.59. The Balaban J connectivity index is 0. The molecule has 0 aromatic carbocycles. The molecule has 2 atom stereocenters. The Bertz CT molecular complexity index is 699. The highest BCUT2D eigenvalue weighted by Gasteiger charge is 2.58. The zero-order valence-electron chi connectivity index (χ0n) is 16.0. The maximum atomic E-state index is 13.8. The summed E-state index contributed by atoms with van der Waals surface area (Å²) in [6.07, 6.45) is 6.70. The number of nitrogens with two attached hydrogens (primary N) is 1. The molecule has 9 N–H and O–H groups in total. The molecule has 2 heterocycles. The Labute approximate surface area is 172 Å². The van der Waals surface area contributed by atoms with Crippen LogP contribution in [0.15, 0.2) is 10.9 Å². The van der Waals surface area contributed by atoms with E-state index < -0.39 is 46.9 Å². The summed E-state index contributed by atoms with van der Waals surface area (Å²) in [6.45, 7) is -0.476. The molecule has 1 saturated heterocycles. The number of hydrogen-bond acceptors (Lipinski definition) is 13. The maximum absolute atomic E-state index is 13.8. The number of aliphatic hydroxyl groups excluding tert-OH is 2. The molecule has 0 spiro atoms. The molecule has 0 bridgehead atoms. The Kier molecular flexibility index (Phi) is 15.0. The van der Waals surface area contributed by atoms with Crippen LogP contribution in [0, 0.1) is 18.8 Å². The minimum absolute atomic E-state index is 0.205. The second kappa shape index (κ2) is 14.6. The number of aromatic nitrogens is 2. The van der Waals surface area contributed by atoms with E-state index in [1.54, 1.807) is 0 Å². The van der Waals surface area contributed by atoms with Gasteiger partial charge in [0.25, 0.3) is 0 Å². The molecule has 1 aromatic rings. The van der Waals surface area contributed by atoms with Crippen molar-refractivity contribution in [1.29, 1.82) is 0 Å². The smallest absolute Gasteiger partial charge is 0.400 e. The molecule has 0 amide bonds. The molecule has 1 aliphatic rings. The van der Waals surface area contributed by atoms with Crippen molar-refractivity contribution >= 4 is 22.2 Å². The van der Waals surface area contributed by atoms with Gasteiger partial charge in [-0.3, -0.25) is 0 Å². The summed E-state index contributed by atoms with van der Waals surface area (Å²) in [6, 6.07) is 0.855. The lowest BCUT2D eigenvalue weighted by molar-refractivity contribution is -0.0321. The Hall–Kier alpha value is -1.37. The van der Waals surface area contributed by atoms with Crippen molar-refractivity contribution in [2.24, 2.45) is 0 Å². The van der Waals surface area contributed by atoms with Gasteiger partial charge >= 0.3 is 22.0 Å². The van der Waals surface area contributed by atoms with Crippen LogP contribution in [-0.2, 0) is 13.6 Å². The van der Waals surface area contributed by atoms with Gasteiger partial charge in [0.1, 0.15) is 18.7 Å². The van der Waals surface area contributed by atoms with E-state index >= 15 is 0 Å². The summed E-state index contributed by atoms with van der Waals surface area (Å²) in [5, 5.41) is 14.0. The molecule has 2 rings (SSSR count). The van der Waals surface area contributed by atoms with Gasteiger partial charge in [0, 0.05) is 20.3 Å². The van der Waals surface area contributed by atoms with Crippen LogP contribution in [0.1, 0.15) is 19.1 Å². The van der Waals surface area contributed by atoms with E-state index in [1.165, 1.54) is 0 Å².